The maximum absolute atomic E-state index is 13.5. The van der Waals surface area contributed by atoms with Gasteiger partial charge in [0.05, 0.1) is 31.5 Å². The smallest absolute Gasteiger partial charge is 0.340 e. The van der Waals surface area contributed by atoms with E-state index in [-0.39, 0.29) is 17.5 Å². The number of rotatable bonds is 7. The van der Waals surface area contributed by atoms with Gasteiger partial charge in [0, 0.05) is 22.8 Å². The Morgan fingerprint density at radius 3 is 2.38 bits per heavy atom. The maximum Gasteiger partial charge on any atom is 0.340 e. The molecule has 0 bridgehead atoms. The van der Waals surface area contributed by atoms with Crippen LogP contribution in [0.25, 0.3) is 6.08 Å². The minimum Gasteiger partial charge on any atom is -0.497 e. The monoisotopic (exact) mass is 589 g/mol. The van der Waals surface area contributed by atoms with Crippen molar-refractivity contribution in [3.05, 3.63) is 93.7 Å². The molecule has 2 aliphatic rings. The first-order chi connectivity index (χ1) is 19.0. The molecule has 39 heavy (non-hydrogen) atoms. The highest BCUT2D eigenvalue weighted by molar-refractivity contribution is 9.10. The Labute approximate surface area is 235 Å². The number of methoxy groups -OCH3 is 2. The number of aromatic nitrogens is 1. The largest absolute Gasteiger partial charge is 0.497 e. The third kappa shape index (κ3) is 5.88. The van der Waals surface area contributed by atoms with E-state index in [0.717, 1.165) is 53.2 Å². The number of benzene rings is 2. The van der Waals surface area contributed by atoms with Crippen molar-refractivity contribution in [1.82, 2.24) is 9.99 Å². The topological polar surface area (TPSA) is 90.3 Å². The molecule has 2 unspecified atom stereocenters. The summed E-state index contributed by atoms with van der Waals surface area (Å²) in [5.74, 6) is 0.531. The van der Waals surface area contributed by atoms with Crippen LogP contribution in [0, 0.1) is 5.92 Å². The lowest BCUT2D eigenvalue weighted by molar-refractivity contribution is -0.137. The Hall–Kier alpha value is -3.98. The van der Waals surface area contributed by atoms with E-state index in [9.17, 15) is 9.59 Å². The molecular formula is C30H28BrN3O5. The molecule has 0 N–H and O–H groups in total. The first-order valence-corrected chi connectivity index (χ1v) is 13.4. The van der Waals surface area contributed by atoms with Crippen molar-refractivity contribution >= 4 is 39.6 Å². The number of halogens is 1. The van der Waals surface area contributed by atoms with E-state index in [1.54, 1.807) is 26.5 Å². The van der Waals surface area contributed by atoms with Crippen molar-refractivity contribution in [3.63, 3.8) is 0 Å². The average molecular weight is 590 g/mol. The molecule has 1 aromatic heterocycles. The number of amides is 1. The molecule has 1 aliphatic carbocycles. The van der Waals surface area contributed by atoms with Crippen LogP contribution in [0.4, 0.5) is 0 Å². The zero-order valence-electron chi connectivity index (χ0n) is 21.7. The van der Waals surface area contributed by atoms with E-state index >= 15 is 0 Å². The van der Waals surface area contributed by atoms with Gasteiger partial charge in [0.2, 0.25) is 0 Å². The summed E-state index contributed by atoms with van der Waals surface area (Å²) >= 11 is 3.30. The van der Waals surface area contributed by atoms with Gasteiger partial charge in [0.15, 0.2) is 6.61 Å². The molecular weight excluding hydrogens is 562 g/mol. The molecule has 2 aromatic carbocycles. The van der Waals surface area contributed by atoms with Crippen LogP contribution in [-0.2, 0) is 9.53 Å². The fraction of sp³-hybridized carbons (Fsp3) is 0.267. The minimum absolute atomic E-state index is 0.0190. The number of allylic oxidation sites excluding steroid dienone is 1. The summed E-state index contributed by atoms with van der Waals surface area (Å²) in [7, 11) is 3.26. The molecule has 3 aromatic rings. The van der Waals surface area contributed by atoms with Crippen molar-refractivity contribution in [3.8, 4) is 11.5 Å². The molecule has 8 nitrogen and oxygen atoms in total. The average Bonchev–Trinajstić information content (AvgIpc) is 3.37. The molecule has 1 saturated carbocycles. The molecule has 9 heteroatoms. The van der Waals surface area contributed by atoms with Crippen LogP contribution in [0.3, 0.4) is 0 Å². The Kier molecular flexibility index (Phi) is 8.07. The molecule has 0 radical (unpaired) electrons. The Balaban J connectivity index is 1.43. The lowest BCUT2D eigenvalue weighted by Crippen LogP contribution is -2.34. The third-order valence-corrected chi connectivity index (χ3v) is 7.37. The Morgan fingerprint density at radius 1 is 1.03 bits per heavy atom. The highest BCUT2D eigenvalue weighted by Crippen LogP contribution is 2.44. The number of pyridine rings is 1. The summed E-state index contributed by atoms with van der Waals surface area (Å²) < 4.78 is 16.6. The fourth-order valence-corrected chi connectivity index (χ4v) is 5.41. The summed E-state index contributed by atoms with van der Waals surface area (Å²) in [5, 5.41) is 6.34. The maximum atomic E-state index is 13.5. The fourth-order valence-electron chi connectivity index (χ4n) is 5.04. The number of hydrogen-bond acceptors (Lipinski definition) is 7. The number of hydrazone groups is 1. The van der Waals surface area contributed by atoms with Crippen LogP contribution in [0.1, 0.15) is 46.8 Å². The first-order valence-electron chi connectivity index (χ1n) is 12.6. The number of fused-ring (bicyclic) bond motifs is 1. The van der Waals surface area contributed by atoms with Crippen LogP contribution in [0.5, 0.6) is 11.5 Å². The second-order valence-electron chi connectivity index (χ2n) is 9.35. The SMILES string of the molecule is COc1ccc(C=C2CCCC3C2=NN(C(=O)COC(=O)c2cncc(Br)c2)C3c2ccc(OC)cc2)cc1. The van der Waals surface area contributed by atoms with Crippen LogP contribution in [-0.4, -0.2) is 48.4 Å². The first kappa shape index (κ1) is 26.6. The number of carbonyl (C=O) groups excluding carboxylic acids is 2. The summed E-state index contributed by atoms with van der Waals surface area (Å²) in [4.78, 5) is 30.0. The van der Waals surface area contributed by atoms with Crippen molar-refractivity contribution < 1.29 is 23.8 Å². The molecule has 0 spiro atoms. The van der Waals surface area contributed by atoms with Crippen LogP contribution < -0.4 is 9.47 Å². The van der Waals surface area contributed by atoms with Crippen LogP contribution in [0.2, 0.25) is 0 Å². The van der Waals surface area contributed by atoms with Gasteiger partial charge < -0.3 is 14.2 Å². The molecule has 0 saturated heterocycles. The summed E-state index contributed by atoms with van der Waals surface area (Å²) in [6.45, 7) is -0.432. The Morgan fingerprint density at radius 2 is 1.72 bits per heavy atom. The quantitative estimate of drug-likeness (QED) is 0.321. The zero-order chi connectivity index (χ0) is 27.4. The summed E-state index contributed by atoms with van der Waals surface area (Å²) in [6, 6.07) is 16.8. The number of esters is 1. The van der Waals surface area contributed by atoms with E-state index in [2.05, 4.69) is 27.0 Å². The minimum atomic E-state index is -0.623. The van der Waals surface area contributed by atoms with E-state index in [1.807, 2.05) is 48.5 Å². The predicted octanol–water partition coefficient (Wildman–Crippen LogP) is 5.84. The highest BCUT2D eigenvalue weighted by atomic mass is 79.9. The van der Waals surface area contributed by atoms with Crippen molar-refractivity contribution in [1.29, 1.82) is 0 Å². The molecule has 5 rings (SSSR count). The van der Waals surface area contributed by atoms with Crippen molar-refractivity contribution in [2.75, 3.05) is 20.8 Å². The number of ether oxygens (including phenoxy) is 3. The van der Waals surface area contributed by atoms with Gasteiger partial charge in [0.1, 0.15) is 11.5 Å². The molecule has 2 heterocycles. The molecule has 1 amide bonds. The van der Waals surface area contributed by atoms with Gasteiger partial charge >= 0.3 is 5.97 Å². The zero-order valence-corrected chi connectivity index (χ0v) is 23.3. The summed E-state index contributed by atoms with van der Waals surface area (Å²) in [5.41, 5.74) is 4.24. The standard InChI is InChI=1S/C30H28BrN3O5/c1-37-24-10-6-19(7-11-24)14-21-4-3-5-26-28(21)33-34(29(26)20-8-12-25(38-2)13-9-20)27(35)18-39-30(36)22-15-23(31)17-32-16-22/h6-17,26,29H,3-5,18H2,1-2H3. The number of nitrogens with zero attached hydrogens (tertiary/aromatic N) is 3. The summed E-state index contributed by atoms with van der Waals surface area (Å²) in [6.07, 6.45) is 7.83. The van der Waals surface area contributed by atoms with Gasteiger partial charge in [-0.1, -0.05) is 24.3 Å². The normalized spacial score (nSPS) is 19.3. The number of carbonyl (C=O) groups is 2. The van der Waals surface area contributed by atoms with E-state index < -0.39 is 18.5 Å². The van der Waals surface area contributed by atoms with Gasteiger partial charge in [-0.3, -0.25) is 9.78 Å². The lowest BCUT2D eigenvalue weighted by atomic mass is 9.77. The van der Waals surface area contributed by atoms with Crippen LogP contribution >= 0.6 is 15.9 Å². The van der Waals surface area contributed by atoms with Gasteiger partial charge in [-0.2, -0.15) is 5.10 Å². The predicted molar refractivity (Wildman–Crippen MR) is 151 cm³/mol. The second-order valence-corrected chi connectivity index (χ2v) is 10.3. The lowest BCUT2D eigenvalue weighted by Gasteiger charge is -2.29. The van der Waals surface area contributed by atoms with Crippen molar-refractivity contribution in [2.24, 2.45) is 11.0 Å². The van der Waals surface area contributed by atoms with Crippen molar-refractivity contribution in [2.45, 2.75) is 25.3 Å². The van der Waals surface area contributed by atoms with Gasteiger partial charge in [0.25, 0.3) is 5.91 Å². The molecule has 2 atom stereocenters. The van der Waals surface area contributed by atoms with E-state index in [4.69, 9.17) is 19.3 Å². The van der Waals surface area contributed by atoms with Gasteiger partial charge in [-0.05, 0) is 88.3 Å². The molecule has 1 fully saturated rings. The van der Waals surface area contributed by atoms with E-state index in [0.29, 0.717) is 4.47 Å². The third-order valence-electron chi connectivity index (χ3n) is 6.94. The van der Waals surface area contributed by atoms with Gasteiger partial charge in [-0.25, -0.2) is 9.80 Å². The van der Waals surface area contributed by atoms with E-state index in [1.165, 1.54) is 11.2 Å². The molecule has 200 valence electrons. The Bertz CT molecular complexity index is 1420. The highest BCUT2D eigenvalue weighted by Gasteiger charge is 2.43. The number of hydrogen-bond donors (Lipinski definition) is 0. The van der Waals surface area contributed by atoms with Crippen LogP contribution in [0.15, 0.2) is 82.1 Å². The second kappa shape index (κ2) is 11.8. The van der Waals surface area contributed by atoms with Gasteiger partial charge in [-0.15, -0.1) is 0 Å². The molecule has 1 aliphatic heterocycles.